The molecule has 1 aromatic carbocycles. The molecule has 0 bridgehead atoms. The van der Waals surface area contributed by atoms with E-state index in [2.05, 4.69) is 4.98 Å². The summed E-state index contributed by atoms with van der Waals surface area (Å²) in [6.07, 6.45) is 2.36. The maximum absolute atomic E-state index is 9.16. The van der Waals surface area contributed by atoms with E-state index in [0.717, 1.165) is 11.3 Å². The Labute approximate surface area is 93.7 Å². The summed E-state index contributed by atoms with van der Waals surface area (Å²) in [5, 5.41) is 9.16. The molecule has 4 nitrogen and oxygen atoms in total. The largest absolute Gasteiger partial charge is 0.508 e. The molecule has 0 spiro atoms. The highest BCUT2D eigenvalue weighted by molar-refractivity contribution is 5.54. The molecule has 1 atom stereocenters. The lowest BCUT2D eigenvalue weighted by atomic mass is 10.2. The van der Waals surface area contributed by atoms with Crippen molar-refractivity contribution in [1.82, 2.24) is 4.98 Å². The van der Waals surface area contributed by atoms with E-state index < -0.39 is 0 Å². The highest BCUT2D eigenvalue weighted by atomic mass is 16.4. The third-order valence-electron chi connectivity index (χ3n) is 2.19. The number of aromatic hydroxyl groups is 1. The number of hydrogen-bond acceptors (Lipinski definition) is 4. The minimum atomic E-state index is 0.0561. The van der Waals surface area contributed by atoms with Gasteiger partial charge in [0.1, 0.15) is 11.5 Å². The number of aromatic nitrogens is 1. The van der Waals surface area contributed by atoms with Crippen molar-refractivity contribution in [3.8, 4) is 17.2 Å². The number of hydrogen-bond donors (Lipinski definition) is 2. The van der Waals surface area contributed by atoms with Crippen molar-refractivity contribution in [2.24, 2.45) is 5.73 Å². The smallest absolute Gasteiger partial charge is 0.226 e. The Morgan fingerprint density at radius 3 is 2.69 bits per heavy atom. The molecule has 2 rings (SSSR count). The van der Waals surface area contributed by atoms with Gasteiger partial charge in [-0.15, -0.1) is 0 Å². The maximum atomic E-state index is 9.16. The highest BCUT2D eigenvalue weighted by Crippen LogP contribution is 2.21. The van der Waals surface area contributed by atoms with E-state index in [-0.39, 0.29) is 11.8 Å². The summed E-state index contributed by atoms with van der Waals surface area (Å²) in [4.78, 5) is 4.17. The molecular weight excluding hydrogens is 204 g/mol. The number of nitrogens with two attached hydrogens (primary N) is 1. The van der Waals surface area contributed by atoms with E-state index in [1.165, 1.54) is 0 Å². The van der Waals surface area contributed by atoms with Crippen LogP contribution in [-0.4, -0.2) is 16.1 Å². The Bertz CT molecular complexity index is 460. The first-order valence-corrected chi connectivity index (χ1v) is 5.15. The SMILES string of the molecule is CC(N)Cc1cnc(-c2ccc(O)cc2)o1. The third-order valence-corrected chi connectivity index (χ3v) is 2.19. The van der Waals surface area contributed by atoms with Crippen LogP contribution in [0.1, 0.15) is 12.7 Å². The lowest BCUT2D eigenvalue weighted by molar-refractivity contribution is 0.475. The van der Waals surface area contributed by atoms with Crippen molar-refractivity contribution in [1.29, 1.82) is 0 Å². The van der Waals surface area contributed by atoms with Gasteiger partial charge in [-0.25, -0.2) is 4.98 Å². The standard InChI is InChI=1S/C12H14N2O2/c1-8(13)6-11-7-14-12(16-11)9-2-4-10(15)5-3-9/h2-5,7-8,15H,6,13H2,1H3. The van der Waals surface area contributed by atoms with Crippen molar-refractivity contribution < 1.29 is 9.52 Å². The molecule has 1 unspecified atom stereocenters. The number of benzene rings is 1. The second-order valence-corrected chi connectivity index (χ2v) is 3.86. The highest BCUT2D eigenvalue weighted by Gasteiger charge is 2.07. The summed E-state index contributed by atoms with van der Waals surface area (Å²) in [6, 6.07) is 6.78. The number of nitrogens with zero attached hydrogens (tertiary/aromatic N) is 1. The van der Waals surface area contributed by atoms with Crippen molar-refractivity contribution >= 4 is 0 Å². The van der Waals surface area contributed by atoms with Crippen LogP contribution in [0.25, 0.3) is 11.5 Å². The van der Waals surface area contributed by atoms with E-state index in [0.29, 0.717) is 12.3 Å². The number of oxazole rings is 1. The van der Waals surface area contributed by atoms with Gasteiger partial charge < -0.3 is 15.3 Å². The summed E-state index contributed by atoms with van der Waals surface area (Å²) in [6.45, 7) is 1.92. The maximum Gasteiger partial charge on any atom is 0.226 e. The summed E-state index contributed by atoms with van der Waals surface area (Å²) in [5.41, 5.74) is 6.51. The Hall–Kier alpha value is -1.81. The third kappa shape index (κ3) is 2.41. The second-order valence-electron chi connectivity index (χ2n) is 3.86. The molecule has 0 aliphatic heterocycles. The zero-order chi connectivity index (χ0) is 11.5. The Morgan fingerprint density at radius 1 is 1.38 bits per heavy atom. The number of phenolic OH excluding ortho intramolecular Hbond substituents is 1. The van der Waals surface area contributed by atoms with Crippen LogP contribution in [0, 0.1) is 0 Å². The van der Waals surface area contributed by atoms with Gasteiger partial charge in [-0.3, -0.25) is 0 Å². The molecule has 0 aliphatic carbocycles. The van der Waals surface area contributed by atoms with Crippen LogP contribution in [0.15, 0.2) is 34.9 Å². The minimum absolute atomic E-state index is 0.0561. The molecule has 0 radical (unpaired) electrons. The zero-order valence-corrected chi connectivity index (χ0v) is 9.05. The van der Waals surface area contributed by atoms with Gasteiger partial charge in [-0.2, -0.15) is 0 Å². The Balaban J connectivity index is 2.21. The van der Waals surface area contributed by atoms with E-state index in [1.807, 2.05) is 6.92 Å². The normalized spacial score (nSPS) is 12.6. The molecule has 0 aliphatic rings. The van der Waals surface area contributed by atoms with Crippen molar-refractivity contribution in [2.45, 2.75) is 19.4 Å². The monoisotopic (exact) mass is 218 g/mol. The Kier molecular flexibility index (Phi) is 2.92. The molecular formula is C12H14N2O2. The van der Waals surface area contributed by atoms with Crippen molar-refractivity contribution in [3.63, 3.8) is 0 Å². The lowest BCUT2D eigenvalue weighted by Gasteiger charge is -1.99. The predicted molar refractivity (Wildman–Crippen MR) is 61.0 cm³/mol. The van der Waals surface area contributed by atoms with E-state index >= 15 is 0 Å². The molecule has 4 heteroatoms. The van der Waals surface area contributed by atoms with Gasteiger partial charge >= 0.3 is 0 Å². The van der Waals surface area contributed by atoms with E-state index in [1.54, 1.807) is 30.5 Å². The molecule has 1 aromatic heterocycles. The van der Waals surface area contributed by atoms with Crippen LogP contribution in [-0.2, 0) is 6.42 Å². The van der Waals surface area contributed by atoms with Crippen LogP contribution in [0.5, 0.6) is 5.75 Å². The zero-order valence-electron chi connectivity index (χ0n) is 9.05. The average Bonchev–Trinajstić information content (AvgIpc) is 2.66. The summed E-state index contributed by atoms with van der Waals surface area (Å²) in [5.74, 6) is 1.56. The molecule has 16 heavy (non-hydrogen) atoms. The van der Waals surface area contributed by atoms with Crippen molar-refractivity contribution in [3.05, 3.63) is 36.2 Å². The summed E-state index contributed by atoms with van der Waals surface area (Å²) >= 11 is 0. The first-order valence-electron chi connectivity index (χ1n) is 5.15. The van der Waals surface area contributed by atoms with Gasteiger partial charge in [0, 0.05) is 18.0 Å². The van der Waals surface area contributed by atoms with Crippen LogP contribution in [0.3, 0.4) is 0 Å². The fourth-order valence-corrected chi connectivity index (χ4v) is 1.46. The quantitative estimate of drug-likeness (QED) is 0.825. The average molecular weight is 218 g/mol. The van der Waals surface area contributed by atoms with Gasteiger partial charge in [-0.05, 0) is 31.2 Å². The van der Waals surface area contributed by atoms with Gasteiger partial charge in [0.25, 0.3) is 0 Å². The van der Waals surface area contributed by atoms with Gasteiger partial charge in [0.2, 0.25) is 5.89 Å². The van der Waals surface area contributed by atoms with Crippen LogP contribution in [0.2, 0.25) is 0 Å². The topological polar surface area (TPSA) is 72.3 Å². The first kappa shape index (κ1) is 10.7. The molecule has 3 N–H and O–H groups in total. The fraction of sp³-hybridized carbons (Fsp3) is 0.250. The van der Waals surface area contributed by atoms with E-state index in [9.17, 15) is 0 Å². The predicted octanol–water partition coefficient (Wildman–Crippen LogP) is 1.94. The summed E-state index contributed by atoms with van der Waals surface area (Å²) < 4.78 is 5.55. The first-order chi connectivity index (χ1) is 7.65. The Morgan fingerprint density at radius 2 is 2.06 bits per heavy atom. The van der Waals surface area contributed by atoms with Crippen LogP contribution in [0.4, 0.5) is 0 Å². The molecule has 2 aromatic rings. The number of rotatable bonds is 3. The minimum Gasteiger partial charge on any atom is -0.508 e. The molecule has 0 saturated heterocycles. The van der Waals surface area contributed by atoms with Gasteiger partial charge in [0.15, 0.2) is 0 Å². The van der Waals surface area contributed by atoms with E-state index in [4.69, 9.17) is 15.3 Å². The second kappa shape index (κ2) is 4.37. The molecule has 1 heterocycles. The van der Waals surface area contributed by atoms with Crippen LogP contribution >= 0.6 is 0 Å². The molecule has 0 amide bonds. The summed E-state index contributed by atoms with van der Waals surface area (Å²) in [7, 11) is 0. The van der Waals surface area contributed by atoms with Crippen LogP contribution < -0.4 is 5.73 Å². The van der Waals surface area contributed by atoms with Gasteiger partial charge in [-0.1, -0.05) is 0 Å². The molecule has 0 fully saturated rings. The molecule has 0 saturated carbocycles. The van der Waals surface area contributed by atoms with Gasteiger partial charge in [0.05, 0.1) is 6.20 Å². The molecule has 84 valence electrons. The number of phenols is 1. The lowest BCUT2D eigenvalue weighted by Crippen LogP contribution is -2.17. The van der Waals surface area contributed by atoms with Crippen molar-refractivity contribution in [2.75, 3.05) is 0 Å². The fourth-order valence-electron chi connectivity index (χ4n) is 1.46.